The molecule has 0 N–H and O–H groups in total. The van der Waals surface area contributed by atoms with E-state index < -0.39 is 23.9 Å². The van der Waals surface area contributed by atoms with E-state index in [1.807, 2.05) is 0 Å². The van der Waals surface area contributed by atoms with Gasteiger partial charge in [-0.2, -0.15) is 0 Å². The summed E-state index contributed by atoms with van der Waals surface area (Å²) >= 11 is 0. The Labute approximate surface area is 190 Å². The third-order valence-corrected chi connectivity index (χ3v) is 14.2. The summed E-state index contributed by atoms with van der Waals surface area (Å²) in [5.74, 6) is 2.25. The molecule has 3 rings (SSSR count). The minimum atomic E-state index is -3.82. The molecule has 180 valence electrons. The van der Waals surface area contributed by atoms with Crippen LogP contribution in [-0.4, -0.2) is 17.9 Å². The molecule has 3 aliphatic rings. The number of hydrogen-bond acceptors (Lipinski definition) is 6. The van der Waals surface area contributed by atoms with Gasteiger partial charge in [0.05, 0.1) is 17.9 Å². The van der Waals surface area contributed by atoms with Gasteiger partial charge < -0.3 is 4.52 Å². The zero-order valence-electron chi connectivity index (χ0n) is 19.4. The SMILES string of the molecule is CC1CCC(COP(=O)(OP(=O)(OP=O)C2CCC(C)CC2)C2CCC(C)CC2)CC1. The first-order valence-electron chi connectivity index (χ1n) is 12.3. The second kappa shape index (κ2) is 11.7. The fourth-order valence-corrected chi connectivity index (χ4v) is 11.7. The Morgan fingerprint density at radius 3 is 1.55 bits per heavy atom. The topological polar surface area (TPSA) is 78.9 Å². The molecule has 0 aromatic carbocycles. The minimum absolute atomic E-state index is 0.256. The molecule has 6 nitrogen and oxygen atoms in total. The molecule has 0 heterocycles. The van der Waals surface area contributed by atoms with Crippen LogP contribution >= 0.6 is 23.9 Å². The van der Waals surface area contributed by atoms with Crippen LogP contribution in [0.25, 0.3) is 0 Å². The summed E-state index contributed by atoms with van der Waals surface area (Å²) in [5.41, 5.74) is -0.617. The highest BCUT2D eigenvalue weighted by Gasteiger charge is 2.49. The third kappa shape index (κ3) is 7.21. The molecule has 3 saturated carbocycles. The predicted octanol–water partition coefficient (Wildman–Crippen LogP) is 8.61. The Balaban J connectivity index is 1.75. The van der Waals surface area contributed by atoms with E-state index in [4.69, 9.17) is 13.1 Å². The van der Waals surface area contributed by atoms with Gasteiger partial charge in [-0.05, 0) is 87.9 Å². The van der Waals surface area contributed by atoms with Crippen LogP contribution in [0, 0.1) is 23.7 Å². The van der Waals surface area contributed by atoms with Gasteiger partial charge in [0, 0.05) is 0 Å². The average Bonchev–Trinajstić information content (AvgIpc) is 2.74. The molecule has 0 aromatic heterocycles. The van der Waals surface area contributed by atoms with Crippen LogP contribution < -0.4 is 0 Å². The number of rotatable bonds is 9. The summed E-state index contributed by atoms with van der Waals surface area (Å²) in [6, 6.07) is 0. The molecule has 9 heteroatoms. The van der Waals surface area contributed by atoms with Crippen LogP contribution in [0.15, 0.2) is 0 Å². The zero-order chi connectivity index (χ0) is 22.5. The Morgan fingerprint density at radius 1 is 0.677 bits per heavy atom. The Hall–Kier alpha value is 0.440. The highest BCUT2D eigenvalue weighted by Crippen LogP contribution is 2.73. The van der Waals surface area contributed by atoms with Gasteiger partial charge >= 0.3 is 23.9 Å². The lowest BCUT2D eigenvalue weighted by Gasteiger charge is -2.37. The smallest absolute Gasteiger partial charge is 0.308 e. The lowest BCUT2D eigenvalue weighted by molar-refractivity contribution is 0.163. The molecule has 0 amide bonds. The van der Waals surface area contributed by atoms with Gasteiger partial charge in [-0.1, -0.05) is 33.6 Å². The van der Waals surface area contributed by atoms with E-state index in [-0.39, 0.29) is 11.3 Å². The summed E-state index contributed by atoms with van der Waals surface area (Å²) in [5, 5.41) is 0. The minimum Gasteiger partial charge on any atom is -0.308 e. The van der Waals surface area contributed by atoms with E-state index in [1.165, 1.54) is 0 Å². The van der Waals surface area contributed by atoms with E-state index in [2.05, 4.69) is 20.8 Å². The van der Waals surface area contributed by atoms with Gasteiger partial charge in [0.25, 0.3) is 0 Å². The van der Waals surface area contributed by atoms with Gasteiger partial charge in [-0.3, -0.25) is 9.13 Å². The molecule has 0 radical (unpaired) electrons. The average molecular weight is 494 g/mol. The van der Waals surface area contributed by atoms with Crippen molar-refractivity contribution < 1.29 is 26.8 Å². The molecular formula is C22H41O6P3. The van der Waals surface area contributed by atoms with E-state index in [0.29, 0.717) is 37.2 Å². The molecular weight excluding hydrogens is 453 g/mol. The molecule has 2 atom stereocenters. The lowest BCUT2D eigenvalue weighted by Crippen LogP contribution is -2.24. The van der Waals surface area contributed by atoms with Crippen molar-refractivity contribution in [1.82, 2.24) is 0 Å². The van der Waals surface area contributed by atoms with Gasteiger partial charge in [-0.25, -0.2) is 13.2 Å². The highest BCUT2D eigenvalue weighted by atomic mass is 31.3. The first kappa shape index (κ1) is 26.1. The first-order chi connectivity index (χ1) is 14.7. The lowest BCUT2D eigenvalue weighted by atomic mass is 9.83. The summed E-state index contributed by atoms with van der Waals surface area (Å²) in [4.78, 5) is 0. The fraction of sp³-hybridized carbons (Fsp3) is 1.00. The maximum atomic E-state index is 14.2. The van der Waals surface area contributed by atoms with Gasteiger partial charge in [0.1, 0.15) is 0 Å². The quantitative estimate of drug-likeness (QED) is 0.299. The van der Waals surface area contributed by atoms with Crippen LogP contribution in [0.5, 0.6) is 0 Å². The Morgan fingerprint density at radius 2 is 1.10 bits per heavy atom. The summed E-state index contributed by atoms with van der Waals surface area (Å²) < 4.78 is 56.6. The van der Waals surface area contributed by atoms with Crippen molar-refractivity contribution in [3.8, 4) is 0 Å². The van der Waals surface area contributed by atoms with Crippen LogP contribution in [-0.2, 0) is 26.8 Å². The second-order valence-electron chi connectivity index (χ2n) is 10.6. The zero-order valence-corrected chi connectivity index (χ0v) is 22.1. The highest BCUT2D eigenvalue weighted by molar-refractivity contribution is 7.69. The second-order valence-corrected chi connectivity index (χ2v) is 15.9. The van der Waals surface area contributed by atoms with Crippen molar-refractivity contribution in [2.45, 2.75) is 109 Å². The molecule has 0 aromatic rings. The maximum Gasteiger partial charge on any atom is 0.351 e. The van der Waals surface area contributed by atoms with Crippen molar-refractivity contribution in [3.63, 3.8) is 0 Å². The molecule has 31 heavy (non-hydrogen) atoms. The summed E-state index contributed by atoms with van der Waals surface area (Å²) in [6.07, 6.45) is 11.1. The Kier molecular flexibility index (Phi) is 9.85. The standard InChI is InChI=1S/C22H41O6P3/c1-17-4-10-20(11-5-17)16-26-30(24,21-12-6-18(2)7-13-21)28-31(25,27-29-23)22-14-8-19(3)9-15-22/h17-22H,4-16H2,1-3H3. The molecule has 0 spiro atoms. The van der Waals surface area contributed by atoms with Crippen molar-refractivity contribution in [1.29, 1.82) is 0 Å². The molecule has 2 unspecified atom stereocenters. The normalized spacial score (nSPS) is 38.9. The van der Waals surface area contributed by atoms with Gasteiger partial charge in [-0.15, -0.1) is 0 Å². The van der Waals surface area contributed by atoms with Crippen LogP contribution in [0.4, 0.5) is 0 Å². The van der Waals surface area contributed by atoms with Crippen molar-refractivity contribution in [2.75, 3.05) is 6.61 Å². The van der Waals surface area contributed by atoms with E-state index in [1.54, 1.807) is 0 Å². The predicted molar refractivity (Wildman–Crippen MR) is 125 cm³/mol. The van der Waals surface area contributed by atoms with Gasteiger partial charge in [0.15, 0.2) is 0 Å². The number of hydrogen-bond donors (Lipinski definition) is 0. The monoisotopic (exact) mass is 494 g/mol. The van der Waals surface area contributed by atoms with Gasteiger partial charge in [0.2, 0.25) is 0 Å². The van der Waals surface area contributed by atoms with Crippen molar-refractivity contribution in [2.24, 2.45) is 23.7 Å². The fourth-order valence-electron chi connectivity index (χ4n) is 5.37. The van der Waals surface area contributed by atoms with Crippen LogP contribution in [0.2, 0.25) is 0 Å². The van der Waals surface area contributed by atoms with Crippen molar-refractivity contribution >= 4 is 23.9 Å². The van der Waals surface area contributed by atoms with Crippen LogP contribution in [0.3, 0.4) is 0 Å². The molecule has 3 fully saturated rings. The van der Waals surface area contributed by atoms with E-state index in [9.17, 15) is 13.7 Å². The molecule has 0 aliphatic heterocycles. The third-order valence-electron chi connectivity index (χ3n) is 7.87. The van der Waals surface area contributed by atoms with E-state index >= 15 is 0 Å². The maximum absolute atomic E-state index is 14.2. The summed E-state index contributed by atoms with van der Waals surface area (Å²) in [7, 11) is -8.17. The van der Waals surface area contributed by atoms with Crippen molar-refractivity contribution in [3.05, 3.63) is 0 Å². The summed E-state index contributed by atoms with van der Waals surface area (Å²) in [6.45, 7) is 7.04. The van der Waals surface area contributed by atoms with Crippen LogP contribution in [0.1, 0.15) is 97.8 Å². The largest absolute Gasteiger partial charge is 0.351 e. The first-order valence-corrected chi connectivity index (χ1v) is 16.3. The van der Waals surface area contributed by atoms with E-state index in [0.717, 1.165) is 70.1 Å². The molecule has 3 aliphatic carbocycles. The molecule has 0 bridgehead atoms. The Bertz CT molecular complexity index is 662. The molecule has 0 saturated heterocycles.